The highest BCUT2D eigenvalue weighted by atomic mass is 79.9. The van der Waals surface area contributed by atoms with Gasteiger partial charge in [-0.2, -0.15) is 0 Å². The molecule has 0 saturated carbocycles. The average Bonchev–Trinajstić information content (AvgIpc) is 2.15. The Balaban J connectivity index is 3.37. The van der Waals surface area contributed by atoms with Crippen LogP contribution < -0.4 is 0 Å². The first-order valence-electron chi connectivity index (χ1n) is 5.51. The van der Waals surface area contributed by atoms with Gasteiger partial charge in [0.2, 0.25) is 0 Å². The van der Waals surface area contributed by atoms with E-state index in [2.05, 4.69) is 55.8 Å². The van der Waals surface area contributed by atoms with E-state index >= 15 is 0 Å². The van der Waals surface area contributed by atoms with Crippen molar-refractivity contribution in [2.75, 3.05) is 6.26 Å². The van der Waals surface area contributed by atoms with Crippen molar-refractivity contribution < 1.29 is 4.55 Å². The lowest BCUT2D eigenvalue weighted by atomic mass is 9.97. The van der Waals surface area contributed by atoms with Gasteiger partial charge in [0.15, 0.2) is 4.90 Å². The fourth-order valence-electron chi connectivity index (χ4n) is 1.73. The number of rotatable bonds is 3. The molecule has 0 saturated heterocycles. The van der Waals surface area contributed by atoms with Crippen LogP contribution in [0.2, 0.25) is 0 Å². The van der Waals surface area contributed by atoms with Crippen molar-refractivity contribution >= 4 is 27.1 Å². The van der Waals surface area contributed by atoms with Gasteiger partial charge in [0, 0.05) is 10.0 Å². The van der Waals surface area contributed by atoms with Crippen molar-refractivity contribution in [2.45, 2.75) is 44.4 Å². The van der Waals surface area contributed by atoms with Crippen LogP contribution in [0.3, 0.4) is 0 Å². The van der Waals surface area contributed by atoms with Gasteiger partial charge in [-0.3, -0.25) is 0 Å². The molecule has 0 N–H and O–H groups in total. The Morgan fingerprint density at radius 3 is 1.94 bits per heavy atom. The summed E-state index contributed by atoms with van der Waals surface area (Å²) in [6.07, 6.45) is 1.75. The monoisotopic (exact) mass is 302 g/mol. The predicted molar refractivity (Wildman–Crippen MR) is 74.7 cm³/mol. The molecule has 90 valence electrons. The molecule has 1 atom stereocenters. The van der Waals surface area contributed by atoms with Crippen LogP contribution in [0.15, 0.2) is 21.5 Å². The molecule has 0 aliphatic rings. The standard InChI is InChI=1S/C13H19BrOS/c1-8(2)10-7-13(16(5)15)11(9(3)4)6-12(10)14/h6-9H,1-5H3. The summed E-state index contributed by atoms with van der Waals surface area (Å²) in [5, 5.41) is 0. The Morgan fingerprint density at radius 1 is 1.06 bits per heavy atom. The lowest BCUT2D eigenvalue weighted by Gasteiger charge is -2.17. The third-order valence-electron chi connectivity index (χ3n) is 2.68. The van der Waals surface area contributed by atoms with Crippen LogP contribution >= 0.6 is 15.9 Å². The normalized spacial score (nSPS) is 13.6. The average molecular weight is 303 g/mol. The fourth-order valence-corrected chi connectivity index (χ4v) is 3.47. The van der Waals surface area contributed by atoms with E-state index in [1.54, 1.807) is 6.26 Å². The fraction of sp³-hybridized carbons (Fsp3) is 0.538. The van der Waals surface area contributed by atoms with Gasteiger partial charge >= 0.3 is 0 Å². The zero-order chi connectivity index (χ0) is 12.5. The third-order valence-corrected chi connectivity index (χ3v) is 4.34. The number of halogens is 1. The first kappa shape index (κ1) is 14.1. The molecule has 1 aromatic carbocycles. The molecular formula is C13H19BrOS. The lowest BCUT2D eigenvalue weighted by Crippen LogP contribution is -2.06. The van der Waals surface area contributed by atoms with Crippen LogP contribution in [-0.4, -0.2) is 10.8 Å². The first-order chi connectivity index (χ1) is 7.34. The molecule has 1 rings (SSSR count). The van der Waals surface area contributed by atoms with E-state index in [0.29, 0.717) is 11.8 Å². The van der Waals surface area contributed by atoms with Crippen LogP contribution in [0.5, 0.6) is 0 Å². The summed E-state index contributed by atoms with van der Waals surface area (Å²) in [6, 6.07) is 4.21. The van der Waals surface area contributed by atoms with E-state index in [1.165, 1.54) is 11.1 Å². The second-order valence-electron chi connectivity index (χ2n) is 4.68. The summed E-state index contributed by atoms with van der Waals surface area (Å²) in [6.45, 7) is 8.56. The van der Waals surface area contributed by atoms with Gasteiger partial charge in [-0.05, 0) is 40.7 Å². The Hall–Kier alpha value is 0.01000. The molecule has 0 aliphatic heterocycles. The van der Waals surface area contributed by atoms with Crippen molar-refractivity contribution in [2.24, 2.45) is 0 Å². The molecule has 1 nitrogen and oxygen atoms in total. The Kier molecular flexibility index (Phi) is 4.89. The topological polar surface area (TPSA) is 23.1 Å². The summed E-state index contributed by atoms with van der Waals surface area (Å²) in [7, 11) is 0. The SMILES string of the molecule is CC(C)c1cc([S+](C)[O-])c(C(C)C)cc1Br. The molecule has 16 heavy (non-hydrogen) atoms. The molecule has 0 spiro atoms. The highest BCUT2D eigenvalue weighted by Gasteiger charge is 2.18. The van der Waals surface area contributed by atoms with Crippen molar-refractivity contribution in [3.63, 3.8) is 0 Å². The van der Waals surface area contributed by atoms with E-state index in [4.69, 9.17) is 0 Å². The molecule has 1 aromatic rings. The van der Waals surface area contributed by atoms with Crippen LogP contribution in [0, 0.1) is 0 Å². The van der Waals surface area contributed by atoms with Gasteiger partial charge in [-0.1, -0.05) is 43.6 Å². The van der Waals surface area contributed by atoms with Gasteiger partial charge in [-0.15, -0.1) is 0 Å². The van der Waals surface area contributed by atoms with E-state index in [0.717, 1.165) is 9.37 Å². The van der Waals surface area contributed by atoms with E-state index in [-0.39, 0.29) is 0 Å². The van der Waals surface area contributed by atoms with Gasteiger partial charge in [0.1, 0.15) is 6.26 Å². The maximum Gasteiger partial charge on any atom is 0.156 e. The predicted octanol–water partition coefficient (Wildman–Crippen LogP) is 4.43. The van der Waals surface area contributed by atoms with E-state index < -0.39 is 11.2 Å². The third kappa shape index (κ3) is 3.02. The molecule has 1 unspecified atom stereocenters. The number of benzene rings is 1. The molecule has 0 aliphatic carbocycles. The Labute approximate surface area is 110 Å². The second-order valence-corrected chi connectivity index (χ2v) is 6.88. The highest BCUT2D eigenvalue weighted by molar-refractivity contribution is 9.10. The summed E-state index contributed by atoms with van der Waals surface area (Å²) in [4.78, 5) is 0.974. The van der Waals surface area contributed by atoms with Gasteiger partial charge in [0.05, 0.1) is 0 Å². The quantitative estimate of drug-likeness (QED) is 0.757. The maximum atomic E-state index is 11.8. The maximum absolute atomic E-state index is 11.8. The second kappa shape index (κ2) is 5.56. The summed E-state index contributed by atoms with van der Waals surface area (Å²) in [5.74, 6) is 0.842. The molecule has 0 radical (unpaired) electrons. The smallest absolute Gasteiger partial charge is 0.156 e. The molecule has 0 bridgehead atoms. The van der Waals surface area contributed by atoms with Gasteiger partial charge in [-0.25, -0.2) is 0 Å². The largest absolute Gasteiger partial charge is 0.612 e. The molecule has 0 aromatic heterocycles. The van der Waals surface area contributed by atoms with Crippen LogP contribution in [0.25, 0.3) is 0 Å². The molecular weight excluding hydrogens is 284 g/mol. The Bertz CT molecular complexity index is 372. The summed E-state index contributed by atoms with van der Waals surface area (Å²) in [5.41, 5.74) is 2.41. The van der Waals surface area contributed by atoms with Crippen molar-refractivity contribution in [3.8, 4) is 0 Å². The van der Waals surface area contributed by atoms with Crippen molar-refractivity contribution in [3.05, 3.63) is 27.7 Å². The minimum atomic E-state index is -0.917. The summed E-state index contributed by atoms with van der Waals surface area (Å²) >= 11 is 2.68. The molecule has 0 heterocycles. The Morgan fingerprint density at radius 2 is 1.56 bits per heavy atom. The first-order valence-corrected chi connectivity index (χ1v) is 7.86. The summed E-state index contributed by atoms with van der Waals surface area (Å²) < 4.78 is 12.9. The highest BCUT2D eigenvalue weighted by Crippen LogP contribution is 2.33. The van der Waals surface area contributed by atoms with Gasteiger partial charge in [0.25, 0.3) is 0 Å². The van der Waals surface area contributed by atoms with Crippen LogP contribution in [0.4, 0.5) is 0 Å². The zero-order valence-corrected chi connectivity index (χ0v) is 12.9. The van der Waals surface area contributed by atoms with E-state index in [9.17, 15) is 4.55 Å². The molecule has 0 fully saturated rings. The van der Waals surface area contributed by atoms with Crippen LogP contribution in [-0.2, 0) is 11.2 Å². The van der Waals surface area contributed by atoms with Crippen molar-refractivity contribution in [1.29, 1.82) is 0 Å². The minimum Gasteiger partial charge on any atom is -0.612 e. The zero-order valence-electron chi connectivity index (χ0n) is 10.5. The van der Waals surface area contributed by atoms with Crippen molar-refractivity contribution in [1.82, 2.24) is 0 Å². The molecule has 3 heteroatoms. The molecule has 0 amide bonds. The number of hydrogen-bond donors (Lipinski definition) is 0. The van der Waals surface area contributed by atoms with E-state index in [1.807, 2.05) is 0 Å². The van der Waals surface area contributed by atoms with Crippen LogP contribution in [0.1, 0.15) is 50.7 Å². The van der Waals surface area contributed by atoms with Gasteiger partial charge < -0.3 is 4.55 Å². The number of hydrogen-bond acceptors (Lipinski definition) is 1. The minimum absolute atomic E-state index is 0.399. The lowest BCUT2D eigenvalue weighted by molar-refractivity contribution is 0.598.